The molecule has 0 aromatic heterocycles. The molecule has 4 rings (SSSR count). The topological polar surface area (TPSA) is 12.5 Å². The zero-order valence-corrected chi connectivity index (χ0v) is 11.6. The van der Waals surface area contributed by atoms with Gasteiger partial charge in [0.25, 0.3) is 0 Å². The van der Waals surface area contributed by atoms with E-state index in [0.29, 0.717) is 6.04 Å². The van der Waals surface area contributed by atoms with E-state index >= 15 is 0 Å². The average Bonchev–Trinajstić information content (AvgIpc) is 2.53. The molecule has 0 radical (unpaired) electrons. The van der Waals surface area contributed by atoms with E-state index < -0.39 is 0 Å². The van der Waals surface area contributed by atoms with Crippen LogP contribution < -0.4 is 4.74 Å². The summed E-state index contributed by atoms with van der Waals surface area (Å²) in [6.45, 7) is 2.38. The van der Waals surface area contributed by atoms with Crippen molar-refractivity contribution in [1.82, 2.24) is 4.90 Å². The van der Waals surface area contributed by atoms with Gasteiger partial charge in [-0.2, -0.15) is 0 Å². The number of benzene rings is 2. The maximum atomic E-state index is 6.07. The van der Waals surface area contributed by atoms with E-state index in [1.807, 2.05) is 0 Å². The minimum Gasteiger partial charge on any atom is -0.457 e. The van der Waals surface area contributed by atoms with E-state index in [2.05, 4.69) is 53.4 Å². The van der Waals surface area contributed by atoms with Crippen LogP contribution in [0.4, 0.5) is 0 Å². The second-order valence-corrected chi connectivity index (χ2v) is 5.68. The highest BCUT2D eigenvalue weighted by Crippen LogP contribution is 2.45. The summed E-state index contributed by atoms with van der Waals surface area (Å²) in [4.78, 5) is 2.61. The molecule has 0 amide bonds. The fourth-order valence-corrected chi connectivity index (χ4v) is 3.45. The molecular weight excluding hydrogens is 246 g/mol. The van der Waals surface area contributed by atoms with E-state index in [-0.39, 0.29) is 0 Å². The van der Waals surface area contributed by atoms with Gasteiger partial charge in [0.15, 0.2) is 0 Å². The molecule has 20 heavy (non-hydrogen) atoms. The second kappa shape index (κ2) is 4.95. The second-order valence-electron chi connectivity index (χ2n) is 5.68. The van der Waals surface area contributed by atoms with Crippen molar-refractivity contribution >= 4 is 0 Å². The molecule has 2 heterocycles. The number of piperidine rings is 1. The third-order valence-electron chi connectivity index (χ3n) is 4.40. The fraction of sp³-hybridized carbons (Fsp3) is 0.333. The van der Waals surface area contributed by atoms with E-state index in [1.54, 1.807) is 0 Å². The Balaban J connectivity index is 1.83. The van der Waals surface area contributed by atoms with Crippen LogP contribution in [-0.2, 0) is 0 Å². The summed E-state index contributed by atoms with van der Waals surface area (Å²) in [6.07, 6.45) is 3.98. The van der Waals surface area contributed by atoms with Gasteiger partial charge in [0.2, 0.25) is 0 Å². The zero-order valence-electron chi connectivity index (χ0n) is 11.6. The van der Waals surface area contributed by atoms with E-state index in [1.165, 1.54) is 43.5 Å². The van der Waals surface area contributed by atoms with Crippen LogP contribution in [0.3, 0.4) is 0 Å². The first kappa shape index (κ1) is 12.0. The van der Waals surface area contributed by atoms with Gasteiger partial charge in [-0.1, -0.05) is 42.8 Å². The molecule has 1 fully saturated rings. The Kier molecular flexibility index (Phi) is 2.96. The molecule has 0 atom stereocenters. The van der Waals surface area contributed by atoms with Crippen molar-refractivity contribution in [3.63, 3.8) is 0 Å². The highest BCUT2D eigenvalue weighted by Gasteiger charge is 2.31. The first-order chi connectivity index (χ1) is 9.93. The Labute approximate surface area is 120 Å². The number of ether oxygens (including phenoxy) is 1. The van der Waals surface area contributed by atoms with Crippen LogP contribution in [0.5, 0.6) is 11.5 Å². The standard InChI is InChI=1S/C18H19NO/c1-6-12-19(13-7-1)18-14-8-2-4-10-16(14)20-17-11-5-3-9-15(17)18/h2-5,8-11,18H,1,6-7,12-13H2. The molecule has 0 bridgehead atoms. The summed E-state index contributed by atoms with van der Waals surface area (Å²) in [5, 5.41) is 0. The minimum atomic E-state index is 0.358. The fourth-order valence-electron chi connectivity index (χ4n) is 3.45. The highest BCUT2D eigenvalue weighted by atomic mass is 16.5. The summed E-state index contributed by atoms with van der Waals surface area (Å²) < 4.78 is 6.07. The maximum Gasteiger partial charge on any atom is 0.132 e. The third kappa shape index (κ3) is 1.92. The third-order valence-corrected chi connectivity index (χ3v) is 4.40. The molecule has 2 aliphatic rings. The van der Waals surface area contributed by atoms with Crippen molar-refractivity contribution in [2.75, 3.05) is 13.1 Å². The first-order valence-electron chi connectivity index (χ1n) is 7.53. The van der Waals surface area contributed by atoms with Gasteiger partial charge in [-0.05, 0) is 38.1 Å². The van der Waals surface area contributed by atoms with Crippen molar-refractivity contribution in [3.8, 4) is 11.5 Å². The maximum absolute atomic E-state index is 6.07. The molecule has 2 heteroatoms. The van der Waals surface area contributed by atoms with Crippen LogP contribution >= 0.6 is 0 Å². The van der Waals surface area contributed by atoms with Crippen molar-refractivity contribution in [2.45, 2.75) is 25.3 Å². The van der Waals surface area contributed by atoms with Crippen molar-refractivity contribution in [3.05, 3.63) is 59.7 Å². The number of likely N-dealkylation sites (tertiary alicyclic amines) is 1. The SMILES string of the molecule is c1ccc2c(c1)Oc1ccccc1C2N1CCCCC1. The zero-order chi connectivity index (χ0) is 13.4. The Bertz CT molecular complexity index is 571. The van der Waals surface area contributed by atoms with Crippen LogP contribution in [0.15, 0.2) is 48.5 Å². The normalized spacial score (nSPS) is 19.0. The predicted octanol–water partition coefficient (Wildman–Crippen LogP) is 4.37. The van der Waals surface area contributed by atoms with Crippen LogP contribution in [0, 0.1) is 0 Å². The molecular formula is C18H19NO. The average molecular weight is 265 g/mol. The monoisotopic (exact) mass is 265 g/mol. The van der Waals surface area contributed by atoms with Gasteiger partial charge in [0, 0.05) is 11.1 Å². The molecule has 0 N–H and O–H groups in total. The number of nitrogens with zero attached hydrogens (tertiary/aromatic N) is 1. The lowest BCUT2D eigenvalue weighted by Gasteiger charge is -2.38. The van der Waals surface area contributed by atoms with E-state index in [9.17, 15) is 0 Å². The molecule has 102 valence electrons. The largest absolute Gasteiger partial charge is 0.457 e. The molecule has 0 saturated carbocycles. The number of para-hydroxylation sites is 2. The lowest BCUT2D eigenvalue weighted by molar-refractivity contribution is 0.178. The van der Waals surface area contributed by atoms with Gasteiger partial charge < -0.3 is 4.74 Å². The van der Waals surface area contributed by atoms with Crippen molar-refractivity contribution in [1.29, 1.82) is 0 Å². The number of rotatable bonds is 1. The van der Waals surface area contributed by atoms with Crippen LogP contribution in [0.1, 0.15) is 36.4 Å². The van der Waals surface area contributed by atoms with Gasteiger partial charge in [-0.3, -0.25) is 4.90 Å². The smallest absolute Gasteiger partial charge is 0.132 e. The molecule has 0 aliphatic carbocycles. The molecule has 0 spiro atoms. The van der Waals surface area contributed by atoms with Gasteiger partial charge >= 0.3 is 0 Å². The summed E-state index contributed by atoms with van der Waals surface area (Å²) in [5.74, 6) is 2.03. The first-order valence-corrected chi connectivity index (χ1v) is 7.53. The molecule has 0 unspecified atom stereocenters. The number of hydrogen-bond acceptors (Lipinski definition) is 2. The van der Waals surface area contributed by atoms with E-state index in [0.717, 1.165) is 11.5 Å². The molecule has 2 aromatic rings. The Morgan fingerprint density at radius 1 is 0.750 bits per heavy atom. The quantitative estimate of drug-likeness (QED) is 0.759. The molecule has 2 aromatic carbocycles. The van der Waals surface area contributed by atoms with E-state index in [4.69, 9.17) is 4.74 Å². The number of hydrogen-bond donors (Lipinski definition) is 0. The number of fused-ring (bicyclic) bond motifs is 2. The van der Waals surface area contributed by atoms with Crippen molar-refractivity contribution < 1.29 is 4.74 Å². The lowest BCUT2D eigenvalue weighted by Crippen LogP contribution is -2.35. The van der Waals surface area contributed by atoms with Crippen LogP contribution in [0.2, 0.25) is 0 Å². The summed E-state index contributed by atoms with van der Waals surface area (Å²) in [7, 11) is 0. The summed E-state index contributed by atoms with van der Waals surface area (Å²) in [5.41, 5.74) is 2.63. The van der Waals surface area contributed by atoms with Crippen LogP contribution in [-0.4, -0.2) is 18.0 Å². The Hall–Kier alpha value is -1.80. The molecule has 2 aliphatic heterocycles. The summed E-state index contributed by atoms with van der Waals surface area (Å²) in [6, 6.07) is 17.3. The van der Waals surface area contributed by atoms with Gasteiger partial charge in [0.1, 0.15) is 11.5 Å². The lowest BCUT2D eigenvalue weighted by atomic mass is 9.92. The van der Waals surface area contributed by atoms with Crippen LogP contribution in [0.25, 0.3) is 0 Å². The molecule has 1 saturated heterocycles. The predicted molar refractivity (Wildman–Crippen MR) is 80.2 cm³/mol. The highest BCUT2D eigenvalue weighted by molar-refractivity contribution is 5.52. The molecule has 2 nitrogen and oxygen atoms in total. The summed E-state index contributed by atoms with van der Waals surface area (Å²) >= 11 is 0. The Morgan fingerprint density at radius 2 is 1.30 bits per heavy atom. The van der Waals surface area contributed by atoms with Gasteiger partial charge in [-0.25, -0.2) is 0 Å². The van der Waals surface area contributed by atoms with Crippen molar-refractivity contribution in [2.24, 2.45) is 0 Å². The van der Waals surface area contributed by atoms with Gasteiger partial charge in [0.05, 0.1) is 6.04 Å². The Morgan fingerprint density at radius 3 is 1.90 bits per heavy atom. The van der Waals surface area contributed by atoms with Gasteiger partial charge in [-0.15, -0.1) is 0 Å². The minimum absolute atomic E-state index is 0.358.